The van der Waals surface area contributed by atoms with Crippen LogP contribution >= 0.6 is 11.6 Å². The largest absolute Gasteiger partial charge is 0.504 e. The zero-order chi connectivity index (χ0) is 32.4. The van der Waals surface area contributed by atoms with E-state index in [1.54, 1.807) is 37.3 Å². The number of fused-ring (bicyclic) bond motifs is 1. The van der Waals surface area contributed by atoms with Gasteiger partial charge in [0.25, 0.3) is 0 Å². The molecule has 10 atom stereocenters. The number of aliphatic hydroxyl groups excluding tert-OH is 4. The molecule has 2 aromatic carbocycles. The van der Waals surface area contributed by atoms with Gasteiger partial charge in [0.15, 0.2) is 17.7 Å². The van der Waals surface area contributed by atoms with Gasteiger partial charge in [0.2, 0.25) is 12.2 Å². The van der Waals surface area contributed by atoms with Crippen LogP contribution in [-0.4, -0.2) is 106 Å². The molecule has 2 aliphatic heterocycles. The lowest BCUT2D eigenvalue weighted by atomic mass is 9.83. The zero-order valence-corrected chi connectivity index (χ0v) is 25.1. The molecule has 1 amide bonds. The van der Waals surface area contributed by atoms with Gasteiger partial charge in [0.1, 0.15) is 61.9 Å². The number of aromatic hydroxyl groups is 1. The highest BCUT2D eigenvalue weighted by Gasteiger charge is 2.53. The van der Waals surface area contributed by atoms with E-state index in [1.165, 1.54) is 31.2 Å². The number of alkyl halides is 1. The summed E-state index contributed by atoms with van der Waals surface area (Å²) in [4.78, 5) is 12.8. The van der Waals surface area contributed by atoms with Gasteiger partial charge < -0.3 is 54.5 Å². The third-order valence-electron chi connectivity index (χ3n) is 7.95. The molecule has 45 heavy (non-hydrogen) atoms. The highest BCUT2D eigenvalue weighted by atomic mass is 35.5. The molecule has 14 heteroatoms. The standard InChI is InChI=1S/C31H35ClFNO11/c1-14(8-9-41-18-5-3-4-17(32)12-18)27-23(36)21(33)31(45-27)44-20-7-6-16(11-19(20)35)10-15(2)30(40)34-22-24(37)26(39)29-28(25(22)38)42-13-43-29/h3-8,10-12,21-29,31,35-39H,9,13H2,1-2H3,(H,34,40)/b14-8+,15-10+/t21-,22+,23-,24?,25+,26?,27+,28-,29?,31+/m0/s1. The van der Waals surface area contributed by atoms with Crippen molar-refractivity contribution in [1.29, 1.82) is 0 Å². The summed E-state index contributed by atoms with van der Waals surface area (Å²) >= 11 is 5.95. The number of ether oxygens (including phenoxy) is 5. The molecular formula is C31H35ClFNO11. The molecule has 0 spiro atoms. The summed E-state index contributed by atoms with van der Waals surface area (Å²) in [7, 11) is 0. The van der Waals surface area contributed by atoms with Crippen LogP contribution in [0.4, 0.5) is 4.39 Å². The van der Waals surface area contributed by atoms with E-state index in [0.29, 0.717) is 21.9 Å². The SMILES string of the molecule is C/C(=C\c1ccc(O[C@@H]2O[C@H](/C(C)=C/COc3cccc(Cl)c3)[C@@H](O)[C@@H]2F)c(O)c1)C(=O)N[C@@H]1C(O)C(O)C2OCO[C@H]2[C@@H]1O. The second-order valence-corrected chi connectivity index (χ2v) is 11.5. The third-order valence-corrected chi connectivity index (χ3v) is 8.18. The van der Waals surface area contributed by atoms with Gasteiger partial charge in [-0.15, -0.1) is 0 Å². The fourth-order valence-electron chi connectivity index (χ4n) is 5.43. The lowest BCUT2D eigenvalue weighted by Gasteiger charge is -2.41. The Morgan fingerprint density at radius 1 is 1.04 bits per heavy atom. The molecule has 2 heterocycles. The maximum absolute atomic E-state index is 14.9. The zero-order valence-electron chi connectivity index (χ0n) is 24.3. The molecule has 0 radical (unpaired) electrons. The second kappa shape index (κ2) is 14.0. The van der Waals surface area contributed by atoms with Gasteiger partial charge in [-0.3, -0.25) is 4.79 Å². The van der Waals surface area contributed by atoms with E-state index in [9.17, 15) is 34.7 Å². The van der Waals surface area contributed by atoms with Crippen LogP contribution in [0.25, 0.3) is 6.08 Å². The third kappa shape index (κ3) is 7.26. The Balaban J connectivity index is 1.18. The van der Waals surface area contributed by atoms with Crippen molar-refractivity contribution in [2.45, 2.75) is 75.1 Å². The first-order chi connectivity index (χ1) is 21.4. The number of carbonyl (C=O) groups is 1. The van der Waals surface area contributed by atoms with Gasteiger partial charge >= 0.3 is 0 Å². The summed E-state index contributed by atoms with van der Waals surface area (Å²) in [5.74, 6) is -0.596. The van der Waals surface area contributed by atoms with Crippen LogP contribution in [-0.2, 0) is 19.0 Å². The Morgan fingerprint density at radius 2 is 1.78 bits per heavy atom. The van der Waals surface area contributed by atoms with E-state index >= 15 is 0 Å². The van der Waals surface area contributed by atoms with Crippen LogP contribution in [0.1, 0.15) is 19.4 Å². The Kier molecular flexibility index (Phi) is 10.3. The number of hydrogen-bond donors (Lipinski definition) is 6. The van der Waals surface area contributed by atoms with E-state index in [1.807, 2.05) is 0 Å². The number of halogens is 2. The molecular weight excluding hydrogens is 617 g/mol. The molecule has 3 aliphatic rings. The molecule has 1 saturated carbocycles. The number of benzene rings is 2. The van der Waals surface area contributed by atoms with Gasteiger partial charge in [-0.2, -0.15) is 0 Å². The number of aliphatic hydroxyl groups is 4. The molecule has 3 fully saturated rings. The van der Waals surface area contributed by atoms with Crippen molar-refractivity contribution in [2.75, 3.05) is 13.4 Å². The van der Waals surface area contributed by atoms with Crippen LogP contribution in [0.15, 0.2) is 59.7 Å². The summed E-state index contributed by atoms with van der Waals surface area (Å²) in [6.07, 6.45) is -8.94. The van der Waals surface area contributed by atoms with Crippen molar-refractivity contribution in [2.24, 2.45) is 0 Å². The summed E-state index contributed by atoms with van der Waals surface area (Å²) in [6.45, 7) is 3.11. The minimum absolute atomic E-state index is 0.114. The van der Waals surface area contributed by atoms with Gasteiger partial charge in [-0.1, -0.05) is 23.7 Å². The van der Waals surface area contributed by atoms with Gasteiger partial charge in [0, 0.05) is 10.6 Å². The van der Waals surface area contributed by atoms with Gasteiger partial charge in [-0.25, -0.2) is 4.39 Å². The number of carbonyl (C=O) groups excluding carboxylic acids is 1. The maximum atomic E-state index is 14.9. The van der Waals surface area contributed by atoms with Crippen molar-refractivity contribution < 1.29 is 58.4 Å². The average molecular weight is 652 g/mol. The Bertz CT molecular complexity index is 1440. The quantitative estimate of drug-likeness (QED) is 0.172. The van der Waals surface area contributed by atoms with Crippen LogP contribution in [0.3, 0.4) is 0 Å². The fraction of sp³-hybridized carbons (Fsp3) is 0.452. The molecule has 244 valence electrons. The number of hydrogen-bond acceptors (Lipinski definition) is 11. The molecule has 6 N–H and O–H groups in total. The first-order valence-corrected chi connectivity index (χ1v) is 14.6. The minimum Gasteiger partial charge on any atom is -0.504 e. The van der Waals surface area contributed by atoms with E-state index in [-0.39, 0.29) is 30.5 Å². The summed E-state index contributed by atoms with van der Waals surface area (Å²) < 4.78 is 42.2. The van der Waals surface area contributed by atoms with E-state index in [4.69, 9.17) is 35.3 Å². The molecule has 3 unspecified atom stereocenters. The molecule has 12 nitrogen and oxygen atoms in total. The first-order valence-electron chi connectivity index (χ1n) is 14.2. The molecule has 2 saturated heterocycles. The van der Waals surface area contributed by atoms with Crippen molar-refractivity contribution in [3.8, 4) is 17.2 Å². The van der Waals surface area contributed by atoms with Gasteiger partial charge in [-0.05, 0) is 67.5 Å². The monoisotopic (exact) mass is 651 g/mol. The van der Waals surface area contributed by atoms with E-state index in [0.717, 1.165) is 0 Å². The number of rotatable bonds is 9. The smallest absolute Gasteiger partial charge is 0.247 e. The minimum atomic E-state index is -1.92. The van der Waals surface area contributed by atoms with Crippen molar-refractivity contribution >= 4 is 23.6 Å². The Morgan fingerprint density at radius 3 is 2.49 bits per heavy atom. The number of nitrogens with one attached hydrogen (secondary N) is 1. The average Bonchev–Trinajstić information content (AvgIpc) is 3.61. The molecule has 1 aliphatic carbocycles. The molecule has 5 rings (SSSR count). The van der Waals surface area contributed by atoms with E-state index in [2.05, 4.69) is 5.32 Å². The predicted octanol–water partition coefficient (Wildman–Crippen LogP) is 1.60. The van der Waals surface area contributed by atoms with Crippen molar-refractivity contribution in [1.82, 2.24) is 5.32 Å². The summed E-state index contributed by atoms with van der Waals surface area (Å²) in [5.41, 5.74) is 1.05. The Labute approximate surface area is 263 Å². The lowest BCUT2D eigenvalue weighted by Crippen LogP contribution is -2.67. The van der Waals surface area contributed by atoms with Crippen LogP contribution in [0.5, 0.6) is 17.2 Å². The second-order valence-electron chi connectivity index (χ2n) is 11.1. The molecule has 0 aromatic heterocycles. The molecule has 0 bridgehead atoms. The fourth-order valence-corrected chi connectivity index (χ4v) is 5.61. The number of phenols is 1. The van der Waals surface area contributed by atoms with Crippen LogP contribution in [0.2, 0.25) is 5.02 Å². The summed E-state index contributed by atoms with van der Waals surface area (Å²) in [5, 5.41) is 55.4. The number of phenolic OH excluding ortho intramolecular Hbond substituents is 1. The van der Waals surface area contributed by atoms with Gasteiger partial charge in [0.05, 0.1) is 6.04 Å². The first kappa shape index (κ1) is 33.1. The normalized spacial score (nSPS) is 33.5. The highest BCUT2D eigenvalue weighted by Crippen LogP contribution is 2.35. The predicted molar refractivity (Wildman–Crippen MR) is 157 cm³/mol. The number of amides is 1. The van der Waals surface area contributed by atoms with Crippen LogP contribution in [0, 0.1) is 0 Å². The van der Waals surface area contributed by atoms with E-state index < -0.39 is 67.1 Å². The van der Waals surface area contributed by atoms with Crippen molar-refractivity contribution in [3.05, 3.63) is 70.3 Å². The maximum Gasteiger partial charge on any atom is 0.247 e. The lowest BCUT2D eigenvalue weighted by molar-refractivity contribution is -0.155. The van der Waals surface area contributed by atoms with Crippen LogP contribution < -0.4 is 14.8 Å². The topological polar surface area (TPSA) is 176 Å². The summed E-state index contributed by atoms with van der Waals surface area (Å²) in [6, 6.07) is 9.74. The Hall–Kier alpha value is -3.27. The molecule has 2 aromatic rings. The highest BCUT2D eigenvalue weighted by molar-refractivity contribution is 6.30. The van der Waals surface area contributed by atoms with Crippen molar-refractivity contribution in [3.63, 3.8) is 0 Å².